The van der Waals surface area contributed by atoms with Crippen LogP contribution in [0.25, 0.3) is 11.3 Å². The lowest BCUT2D eigenvalue weighted by Gasteiger charge is -2.30. The van der Waals surface area contributed by atoms with Crippen LogP contribution in [0, 0.1) is 0 Å². The highest BCUT2D eigenvalue weighted by Crippen LogP contribution is 2.33. The molecule has 4 rings (SSSR count). The van der Waals surface area contributed by atoms with Gasteiger partial charge in [-0.05, 0) is 25.0 Å². The maximum Gasteiger partial charge on any atom is 0.325 e. The van der Waals surface area contributed by atoms with E-state index in [1.54, 1.807) is 0 Å². The van der Waals surface area contributed by atoms with E-state index in [4.69, 9.17) is 0 Å². The third kappa shape index (κ3) is 3.68. The summed E-state index contributed by atoms with van der Waals surface area (Å²) in [4.78, 5) is 42.8. The van der Waals surface area contributed by atoms with Crippen molar-refractivity contribution in [3.05, 3.63) is 34.1 Å². The summed E-state index contributed by atoms with van der Waals surface area (Å²) in [5.41, 5.74) is 0.878. The zero-order valence-electron chi connectivity index (χ0n) is 15.0. The standard InChI is InChI=1S/C19H19BrN4O3S/c20-13-6-4-12(5-7-13)14-11-28-17(21-14)22-15(25)10-24-16(26)19(23-18(24)27)8-2-1-3-9-19/h4-7,11H,1-3,8-10H2,(H,23,27)(H,21,22,25). The third-order valence-electron chi connectivity index (χ3n) is 5.15. The van der Waals surface area contributed by atoms with Gasteiger partial charge in [0.1, 0.15) is 12.1 Å². The van der Waals surface area contributed by atoms with Crippen LogP contribution < -0.4 is 10.6 Å². The molecule has 0 atom stereocenters. The quantitative estimate of drug-likeness (QED) is 0.676. The Bertz CT molecular complexity index is 922. The van der Waals surface area contributed by atoms with Gasteiger partial charge < -0.3 is 10.6 Å². The zero-order chi connectivity index (χ0) is 19.7. The molecular formula is C19H19BrN4O3S. The summed E-state index contributed by atoms with van der Waals surface area (Å²) in [6, 6.07) is 7.22. The van der Waals surface area contributed by atoms with Crippen molar-refractivity contribution < 1.29 is 14.4 Å². The molecule has 4 amide bonds. The Morgan fingerprint density at radius 3 is 2.64 bits per heavy atom. The van der Waals surface area contributed by atoms with Gasteiger partial charge >= 0.3 is 6.03 Å². The van der Waals surface area contributed by atoms with Crippen molar-refractivity contribution in [3.8, 4) is 11.3 Å². The van der Waals surface area contributed by atoms with Crippen LogP contribution in [0.15, 0.2) is 34.1 Å². The highest BCUT2D eigenvalue weighted by atomic mass is 79.9. The van der Waals surface area contributed by atoms with Crippen LogP contribution in [-0.4, -0.2) is 39.8 Å². The lowest BCUT2D eigenvalue weighted by Crippen LogP contribution is -2.48. The van der Waals surface area contributed by atoms with Gasteiger partial charge in [-0.15, -0.1) is 11.3 Å². The van der Waals surface area contributed by atoms with Crippen LogP contribution in [0.1, 0.15) is 32.1 Å². The number of hydrogen-bond donors (Lipinski definition) is 2. The summed E-state index contributed by atoms with van der Waals surface area (Å²) in [5, 5.41) is 7.78. The van der Waals surface area contributed by atoms with Crippen LogP contribution >= 0.6 is 27.3 Å². The minimum atomic E-state index is -0.814. The van der Waals surface area contributed by atoms with Crippen molar-refractivity contribution in [3.63, 3.8) is 0 Å². The van der Waals surface area contributed by atoms with E-state index in [1.165, 1.54) is 11.3 Å². The maximum atomic E-state index is 12.7. The number of nitrogens with one attached hydrogen (secondary N) is 2. The van der Waals surface area contributed by atoms with E-state index in [2.05, 4.69) is 31.5 Å². The molecule has 1 aliphatic carbocycles. The Labute approximate surface area is 174 Å². The van der Waals surface area contributed by atoms with E-state index in [9.17, 15) is 14.4 Å². The number of nitrogens with zero attached hydrogens (tertiary/aromatic N) is 2. The molecule has 0 unspecified atom stereocenters. The Hall–Kier alpha value is -2.26. The first-order valence-corrected chi connectivity index (χ1v) is 10.8. The topological polar surface area (TPSA) is 91.4 Å². The van der Waals surface area contributed by atoms with Gasteiger partial charge in [0.25, 0.3) is 5.91 Å². The zero-order valence-corrected chi connectivity index (χ0v) is 17.4. The molecule has 7 nitrogen and oxygen atoms in total. The Balaban J connectivity index is 1.40. The van der Waals surface area contributed by atoms with Crippen molar-refractivity contribution in [2.24, 2.45) is 0 Å². The van der Waals surface area contributed by atoms with E-state index in [0.717, 1.165) is 39.9 Å². The van der Waals surface area contributed by atoms with Crippen molar-refractivity contribution >= 4 is 50.2 Å². The average Bonchev–Trinajstić information content (AvgIpc) is 3.22. The van der Waals surface area contributed by atoms with Gasteiger partial charge in [-0.25, -0.2) is 9.78 Å². The molecule has 0 bridgehead atoms. The molecule has 1 spiro atoms. The summed E-state index contributed by atoms with van der Waals surface area (Å²) >= 11 is 4.69. The summed E-state index contributed by atoms with van der Waals surface area (Å²) < 4.78 is 0.976. The second kappa shape index (κ2) is 7.63. The fourth-order valence-electron chi connectivity index (χ4n) is 3.70. The van der Waals surface area contributed by atoms with Crippen molar-refractivity contribution in [1.29, 1.82) is 0 Å². The van der Waals surface area contributed by atoms with Gasteiger partial charge in [-0.1, -0.05) is 47.3 Å². The van der Waals surface area contributed by atoms with E-state index >= 15 is 0 Å². The molecule has 28 heavy (non-hydrogen) atoms. The first kappa shape index (κ1) is 19.1. The number of carbonyl (C=O) groups is 3. The van der Waals surface area contributed by atoms with Gasteiger partial charge in [-0.2, -0.15) is 0 Å². The molecular weight excluding hydrogens is 444 g/mol. The number of imide groups is 1. The predicted octanol–water partition coefficient (Wildman–Crippen LogP) is 3.77. The molecule has 1 aliphatic heterocycles. The van der Waals surface area contributed by atoms with Gasteiger partial charge in [0.05, 0.1) is 5.69 Å². The largest absolute Gasteiger partial charge is 0.325 e. The first-order chi connectivity index (χ1) is 13.5. The molecule has 2 heterocycles. The second-order valence-electron chi connectivity index (χ2n) is 7.06. The molecule has 9 heteroatoms. The number of amides is 4. The van der Waals surface area contributed by atoms with E-state index in [1.807, 2.05) is 29.6 Å². The minimum absolute atomic E-state index is 0.290. The molecule has 1 aromatic heterocycles. The van der Waals surface area contributed by atoms with Crippen LogP contribution in [-0.2, 0) is 9.59 Å². The van der Waals surface area contributed by atoms with Crippen molar-refractivity contribution in [2.45, 2.75) is 37.6 Å². The van der Waals surface area contributed by atoms with E-state index < -0.39 is 17.5 Å². The molecule has 1 saturated heterocycles. The fourth-order valence-corrected chi connectivity index (χ4v) is 4.70. The monoisotopic (exact) mass is 462 g/mol. The average molecular weight is 463 g/mol. The van der Waals surface area contributed by atoms with Gasteiger partial charge in [0.15, 0.2) is 5.13 Å². The number of hydrogen-bond acceptors (Lipinski definition) is 5. The van der Waals surface area contributed by atoms with Gasteiger partial charge in [0, 0.05) is 15.4 Å². The number of anilines is 1. The molecule has 2 aliphatic rings. The van der Waals surface area contributed by atoms with Crippen molar-refractivity contribution in [2.75, 3.05) is 11.9 Å². The van der Waals surface area contributed by atoms with E-state index in [0.29, 0.717) is 18.0 Å². The second-order valence-corrected chi connectivity index (χ2v) is 8.83. The molecule has 2 fully saturated rings. The maximum absolute atomic E-state index is 12.7. The van der Waals surface area contributed by atoms with Crippen LogP contribution in [0.3, 0.4) is 0 Å². The molecule has 2 N–H and O–H groups in total. The fraction of sp³-hybridized carbons (Fsp3) is 0.368. The molecule has 1 aromatic carbocycles. The van der Waals surface area contributed by atoms with Crippen LogP contribution in [0.5, 0.6) is 0 Å². The lowest BCUT2D eigenvalue weighted by atomic mass is 9.82. The Kier molecular flexibility index (Phi) is 5.20. The number of halogens is 1. The summed E-state index contributed by atoms with van der Waals surface area (Å²) in [6.07, 6.45) is 4.15. The van der Waals surface area contributed by atoms with Crippen LogP contribution in [0.4, 0.5) is 9.93 Å². The molecule has 2 aromatic rings. The summed E-state index contributed by atoms with van der Waals surface area (Å²) in [6.45, 7) is -0.306. The predicted molar refractivity (Wildman–Crippen MR) is 110 cm³/mol. The van der Waals surface area contributed by atoms with Gasteiger partial charge in [-0.3, -0.25) is 14.5 Å². The highest BCUT2D eigenvalue weighted by molar-refractivity contribution is 9.10. The van der Waals surface area contributed by atoms with E-state index in [-0.39, 0.29) is 12.5 Å². The first-order valence-electron chi connectivity index (χ1n) is 9.12. The third-order valence-corrected chi connectivity index (χ3v) is 6.43. The number of thiazole rings is 1. The molecule has 146 valence electrons. The lowest BCUT2D eigenvalue weighted by molar-refractivity contribution is -0.134. The Morgan fingerprint density at radius 2 is 1.93 bits per heavy atom. The van der Waals surface area contributed by atoms with Crippen molar-refractivity contribution in [1.82, 2.24) is 15.2 Å². The number of urea groups is 1. The highest BCUT2D eigenvalue weighted by Gasteiger charge is 2.51. The molecule has 1 saturated carbocycles. The van der Waals surface area contributed by atoms with Crippen LogP contribution in [0.2, 0.25) is 0 Å². The van der Waals surface area contributed by atoms with Gasteiger partial charge in [0.2, 0.25) is 5.91 Å². The SMILES string of the molecule is O=C(CN1C(=O)NC2(CCCCC2)C1=O)Nc1nc(-c2ccc(Br)cc2)cs1. The number of carbonyl (C=O) groups excluding carboxylic acids is 3. The minimum Gasteiger partial charge on any atom is -0.323 e. The number of rotatable bonds is 4. The summed E-state index contributed by atoms with van der Waals surface area (Å²) in [5.74, 6) is -0.727. The Morgan fingerprint density at radius 1 is 1.21 bits per heavy atom. The smallest absolute Gasteiger partial charge is 0.323 e. The summed E-state index contributed by atoms with van der Waals surface area (Å²) in [7, 11) is 0. The number of aromatic nitrogens is 1. The number of benzene rings is 1. The molecule has 0 radical (unpaired) electrons. The normalized spacial score (nSPS) is 18.4.